The molecule has 0 atom stereocenters. The lowest BCUT2D eigenvalue weighted by molar-refractivity contribution is 0.133. The number of para-hydroxylation sites is 1. The lowest BCUT2D eigenvalue weighted by atomic mass is 10.2. The number of oxime groups is 1. The molecule has 86 valence electrons. The van der Waals surface area contributed by atoms with Crippen molar-refractivity contribution in [2.24, 2.45) is 5.16 Å². The van der Waals surface area contributed by atoms with Gasteiger partial charge in [0.2, 0.25) is 0 Å². The molecular formula is C14H13NO2. The second-order valence-electron chi connectivity index (χ2n) is 3.47. The smallest absolute Gasteiger partial charge is 0.142 e. The van der Waals surface area contributed by atoms with Gasteiger partial charge >= 0.3 is 0 Å². The Balaban J connectivity index is 2.08. The van der Waals surface area contributed by atoms with Crippen LogP contribution in [0.1, 0.15) is 5.56 Å². The second-order valence-corrected chi connectivity index (χ2v) is 3.47. The molecule has 0 aromatic heterocycles. The summed E-state index contributed by atoms with van der Waals surface area (Å²) in [6.45, 7) is 3.66. The van der Waals surface area contributed by atoms with Gasteiger partial charge in [-0.1, -0.05) is 30.3 Å². The molecule has 0 saturated carbocycles. The van der Waals surface area contributed by atoms with Crippen LogP contribution in [0, 0.1) is 0 Å². The maximum Gasteiger partial charge on any atom is 0.142 e. The van der Waals surface area contributed by atoms with E-state index in [9.17, 15) is 0 Å². The van der Waals surface area contributed by atoms with Gasteiger partial charge in [0.05, 0.1) is 0 Å². The predicted octanol–water partition coefficient (Wildman–Crippen LogP) is 3.61. The fourth-order valence-corrected chi connectivity index (χ4v) is 1.44. The summed E-state index contributed by atoms with van der Waals surface area (Å²) in [5.41, 5.74) is 0.992. The minimum atomic E-state index is 0.398. The molecule has 17 heavy (non-hydrogen) atoms. The Morgan fingerprint density at radius 1 is 0.941 bits per heavy atom. The molecule has 0 aliphatic carbocycles. The van der Waals surface area contributed by atoms with E-state index in [1.54, 1.807) is 0 Å². The summed E-state index contributed by atoms with van der Waals surface area (Å²) in [7, 11) is 0. The third-order valence-corrected chi connectivity index (χ3v) is 2.20. The standard InChI is InChI=1S/C14H13NO2/c1-15-16-11-12-6-5-9-14(10-12)17-13-7-3-2-4-8-13/h2-10H,1,11H2. The quantitative estimate of drug-likeness (QED) is 0.577. The molecule has 0 spiro atoms. The van der Waals surface area contributed by atoms with Crippen LogP contribution >= 0.6 is 0 Å². The maximum absolute atomic E-state index is 5.70. The Morgan fingerprint density at radius 3 is 2.47 bits per heavy atom. The van der Waals surface area contributed by atoms with Crippen LogP contribution in [-0.2, 0) is 11.4 Å². The Bertz CT molecular complexity index is 483. The average Bonchev–Trinajstić information content (AvgIpc) is 2.38. The van der Waals surface area contributed by atoms with Crippen molar-refractivity contribution < 1.29 is 9.57 Å². The van der Waals surface area contributed by atoms with Crippen molar-refractivity contribution in [3.63, 3.8) is 0 Å². The fraction of sp³-hybridized carbons (Fsp3) is 0.0714. The molecular weight excluding hydrogens is 214 g/mol. The van der Waals surface area contributed by atoms with Crippen LogP contribution in [0.4, 0.5) is 0 Å². The van der Waals surface area contributed by atoms with Gasteiger partial charge in [0.15, 0.2) is 0 Å². The van der Waals surface area contributed by atoms with Crippen LogP contribution in [0.3, 0.4) is 0 Å². The molecule has 0 amide bonds. The lowest BCUT2D eigenvalue weighted by Crippen LogP contribution is -1.88. The van der Waals surface area contributed by atoms with Crippen LogP contribution in [-0.4, -0.2) is 6.72 Å². The van der Waals surface area contributed by atoms with Gasteiger partial charge in [0.25, 0.3) is 0 Å². The molecule has 0 bridgehead atoms. The summed E-state index contributed by atoms with van der Waals surface area (Å²) in [6.07, 6.45) is 0. The molecule has 3 nitrogen and oxygen atoms in total. The molecule has 0 N–H and O–H groups in total. The number of hydrogen-bond acceptors (Lipinski definition) is 3. The van der Waals surface area contributed by atoms with Crippen LogP contribution in [0.5, 0.6) is 11.5 Å². The summed E-state index contributed by atoms with van der Waals surface area (Å²) in [5, 5.41) is 3.35. The zero-order valence-corrected chi connectivity index (χ0v) is 9.37. The van der Waals surface area contributed by atoms with E-state index in [4.69, 9.17) is 9.57 Å². The second kappa shape index (κ2) is 5.70. The first-order valence-corrected chi connectivity index (χ1v) is 5.28. The normalized spacial score (nSPS) is 9.65. The predicted molar refractivity (Wildman–Crippen MR) is 67.3 cm³/mol. The van der Waals surface area contributed by atoms with E-state index in [0.717, 1.165) is 17.1 Å². The summed E-state index contributed by atoms with van der Waals surface area (Å²) in [6, 6.07) is 17.3. The summed E-state index contributed by atoms with van der Waals surface area (Å²) in [4.78, 5) is 4.88. The van der Waals surface area contributed by atoms with E-state index in [1.807, 2.05) is 54.6 Å². The molecule has 0 heterocycles. The molecule has 0 aliphatic rings. The number of ether oxygens (including phenoxy) is 1. The van der Waals surface area contributed by atoms with Crippen LogP contribution in [0.2, 0.25) is 0 Å². The number of nitrogens with zero attached hydrogens (tertiary/aromatic N) is 1. The van der Waals surface area contributed by atoms with Gasteiger partial charge in [-0.15, -0.1) is 5.16 Å². The van der Waals surface area contributed by atoms with Crippen molar-refractivity contribution in [2.75, 3.05) is 0 Å². The third-order valence-electron chi connectivity index (χ3n) is 2.20. The first kappa shape index (κ1) is 11.2. The molecule has 0 unspecified atom stereocenters. The highest BCUT2D eigenvalue weighted by Gasteiger charge is 1.98. The Kier molecular flexibility index (Phi) is 3.76. The zero-order valence-electron chi connectivity index (χ0n) is 9.37. The van der Waals surface area contributed by atoms with Crippen molar-refractivity contribution in [3.05, 3.63) is 60.2 Å². The summed E-state index contributed by atoms with van der Waals surface area (Å²) < 4.78 is 5.70. The van der Waals surface area contributed by atoms with Gasteiger partial charge in [-0.25, -0.2) is 0 Å². The summed E-state index contributed by atoms with van der Waals surface area (Å²) in [5.74, 6) is 1.59. The number of hydrogen-bond donors (Lipinski definition) is 0. The fourth-order valence-electron chi connectivity index (χ4n) is 1.44. The van der Waals surface area contributed by atoms with Crippen molar-refractivity contribution in [1.82, 2.24) is 0 Å². The van der Waals surface area contributed by atoms with E-state index in [2.05, 4.69) is 11.9 Å². The highest BCUT2D eigenvalue weighted by molar-refractivity contribution is 5.33. The maximum atomic E-state index is 5.70. The van der Waals surface area contributed by atoms with Crippen molar-refractivity contribution in [1.29, 1.82) is 0 Å². The van der Waals surface area contributed by atoms with Crippen LogP contribution in [0.25, 0.3) is 0 Å². The highest BCUT2D eigenvalue weighted by Crippen LogP contribution is 2.21. The molecule has 0 fully saturated rings. The Labute approximate surface area is 100 Å². The monoisotopic (exact) mass is 227 g/mol. The molecule has 2 aromatic carbocycles. The summed E-state index contributed by atoms with van der Waals surface area (Å²) >= 11 is 0. The minimum Gasteiger partial charge on any atom is -0.457 e. The molecule has 2 aromatic rings. The molecule has 0 radical (unpaired) electrons. The highest BCUT2D eigenvalue weighted by atomic mass is 16.6. The van der Waals surface area contributed by atoms with Gasteiger partial charge in [-0.3, -0.25) is 0 Å². The first-order chi connectivity index (χ1) is 8.38. The van der Waals surface area contributed by atoms with Crippen LogP contribution < -0.4 is 4.74 Å². The first-order valence-electron chi connectivity index (χ1n) is 5.28. The van der Waals surface area contributed by atoms with Gasteiger partial charge in [-0.05, 0) is 29.8 Å². The van der Waals surface area contributed by atoms with Gasteiger partial charge in [-0.2, -0.15) is 0 Å². The van der Waals surface area contributed by atoms with Crippen molar-refractivity contribution in [3.8, 4) is 11.5 Å². The Morgan fingerprint density at radius 2 is 1.71 bits per heavy atom. The molecule has 2 rings (SSSR count). The van der Waals surface area contributed by atoms with E-state index in [1.165, 1.54) is 0 Å². The minimum absolute atomic E-state index is 0.398. The number of benzene rings is 2. The average molecular weight is 227 g/mol. The van der Waals surface area contributed by atoms with Gasteiger partial charge in [0, 0.05) is 6.72 Å². The molecule has 3 heteroatoms. The van der Waals surface area contributed by atoms with Gasteiger partial charge < -0.3 is 9.57 Å². The van der Waals surface area contributed by atoms with E-state index in [-0.39, 0.29) is 0 Å². The molecule has 0 saturated heterocycles. The van der Waals surface area contributed by atoms with E-state index >= 15 is 0 Å². The topological polar surface area (TPSA) is 30.8 Å². The van der Waals surface area contributed by atoms with E-state index < -0.39 is 0 Å². The van der Waals surface area contributed by atoms with E-state index in [0.29, 0.717) is 6.61 Å². The number of rotatable bonds is 5. The third kappa shape index (κ3) is 3.34. The SMILES string of the molecule is C=NOCc1cccc(Oc2ccccc2)c1. The Hall–Kier alpha value is -2.29. The molecule has 0 aliphatic heterocycles. The lowest BCUT2D eigenvalue weighted by Gasteiger charge is -2.06. The van der Waals surface area contributed by atoms with Crippen molar-refractivity contribution in [2.45, 2.75) is 6.61 Å². The van der Waals surface area contributed by atoms with Crippen molar-refractivity contribution >= 4 is 6.72 Å². The largest absolute Gasteiger partial charge is 0.457 e. The van der Waals surface area contributed by atoms with Gasteiger partial charge in [0.1, 0.15) is 18.1 Å². The van der Waals surface area contributed by atoms with Crippen LogP contribution in [0.15, 0.2) is 59.8 Å². The zero-order chi connectivity index (χ0) is 11.9.